The lowest BCUT2D eigenvalue weighted by Gasteiger charge is -2.21. The molecule has 0 saturated heterocycles. The van der Waals surface area contributed by atoms with E-state index in [2.05, 4.69) is 15.3 Å². The maximum absolute atomic E-state index is 13.3. The molecule has 0 spiro atoms. The molecule has 1 N–H and O–H groups in total. The second kappa shape index (κ2) is 7.51. The highest BCUT2D eigenvalue weighted by Crippen LogP contribution is 2.36. The fourth-order valence-corrected chi connectivity index (χ4v) is 3.72. The summed E-state index contributed by atoms with van der Waals surface area (Å²) in [7, 11) is 0. The molecule has 4 aromatic rings. The topological polar surface area (TPSA) is 51.5 Å². The third-order valence-corrected chi connectivity index (χ3v) is 5.13. The zero-order valence-corrected chi connectivity index (χ0v) is 16.8. The molecule has 156 valence electrons. The highest BCUT2D eigenvalue weighted by Gasteiger charge is 2.33. The summed E-state index contributed by atoms with van der Waals surface area (Å²) in [6, 6.07) is 9.49. The van der Waals surface area contributed by atoms with Crippen LogP contribution in [-0.2, 0) is 6.18 Å². The molecular weight excluding hydrogens is 393 g/mol. The van der Waals surface area contributed by atoms with Crippen LogP contribution in [0.1, 0.15) is 36.6 Å². The van der Waals surface area contributed by atoms with E-state index in [4.69, 9.17) is 4.74 Å². The Labute approximate surface area is 171 Å². The first-order chi connectivity index (χ1) is 14.3. The second-order valence-electron chi connectivity index (χ2n) is 7.05. The number of ether oxygens (including phenoxy) is 1. The quantitative estimate of drug-likeness (QED) is 0.450. The molecule has 4 rings (SSSR count). The van der Waals surface area contributed by atoms with Crippen molar-refractivity contribution in [3.63, 3.8) is 0 Å². The van der Waals surface area contributed by atoms with Crippen LogP contribution in [0.5, 0.6) is 5.75 Å². The van der Waals surface area contributed by atoms with Crippen LogP contribution < -0.4 is 10.1 Å². The van der Waals surface area contributed by atoms with E-state index in [0.29, 0.717) is 29.5 Å². The SMILES string of the molecule is CCOc1ccc2c(c1)c(NC(C)c1cccc(C(F)(F)F)c1C)nc1nccn12. The summed E-state index contributed by atoms with van der Waals surface area (Å²) in [6.07, 6.45) is -0.927. The predicted molar refractivity (Wildman–Crippen MR) is 110 cm³/mol. The minimum atomic E-state index is -4.40. The number of imidazole rings is 1. The monoisotopic (exact) mass is 414 g/mol. The zero-order chi connectivity index (χ0) is 21.5. The standard InChI is InChI=1S/C22H21F3N4O/c1-4-30-15-8-9-19-17(12-15)20(28-21-26-10-11-29(19)21)27-14(3)16-6-5-7-18(13(16)2)22(23,24)25/h5-12,14H,4H2,1-3H3,(H,26,27,28). The van der Waals surface area contributed by atoms with Crippen LogP contribution in [0.3, 0.4) is 0 Å². The van der Waals surface area contributed by atoms with Crippen molar-refractivity contribution in [1.29, 1.82) is 0 Å². The van der Waals surface area contributed by atoms with Crippen molar-refractivity contribution in [3.05, 3.63) is 65.5 Å². The first-order valence-corrected chi connectivity index (χ1v) is 9.62. The number of fused-ring (bicyclic) bond motifs is 3. The average Bonchev–Trinajstić information content (AvgIpc) is 3.16. The molecule has 0 radical (unpaired) electrons. The number of aromatic nitrogens is 3. The number of rotatable bonds is 5. The Hall–Kier alpha value is -3.29. The minimum absolute atomic E-state index is 0.200. The number of nitrogens with zero attached hydrogens (tertiary/aromatic N) is 3. The maximum Gasteiger partial charge on any atom is 0.416 e. The van der Waals surface area contributed by atoms with Gasteiger partial charge in [-0.3, -0.25) is 4.40 Å². The van der Waals surface area contributed by atoms with Gasteiger partial charge < -0.3 is 10.1 Å². The van der Waals surface area contributed by atoms with E-state index in [1.807, 2.05) is 42.6 Å². The van der Waals surface area contributed by atoms with Gasteiger partial charge in [-0.25, -0.2) is 4.98 Å². The van der Waals surface area contributed by atoms with Crippen LogP contribution in [0.15, 0.2) is 48.8 Å². The van der Waals surface area contributed by atoms with Gasteiger partial charge in [0.05, 0.1) is 23.7 Å². The third kappa shape index (κ3) is 3.53. The van der Waals surface area contributed by atoms with Crippen LogP contribution in [0.25, 0.3) is 16.7 Å². The molecule has 0 aliphatic heterocycles. The number of nitrogens with one attached hydrogen (secondary N) is 1. The van der Waals surface area contributed by atoms with E-state index in [-0.39, 0.29) is 5.56 Å². The third-order valence-electron chi connectivity index (χ3n) is 5.13. The zero-order valence-electron chi connectivity index (χ0n) is 16.8. The summed E-state index contributed by atoms with van der Waals surface area (Å²) in [4.78, 5) is 8.86. The van der Waals surface area contributed by atoms with E-state index in [1.165, 1.54) is 13.0 Å². The lowest BCUT2D eigenvalue weighted by Crippen LogP contribution is -2.14. The van der Waals surface area contributed by atoms with Gasteiger partial charge in [-0.2, -0.15) is 18.2 Å². The molecule has 8 heteroatoms. The Morgan fingerprint density at radius 1 is 1.20 bits per heavy atom. The Bertz CT molecular complexity index is 1220. The van der Waals surface area contributed by atoms with Gasteiger partial charge in [0, 0.05) is 17.8 Å². The number of halogens is 3. The summed E-state index contributed by atoms with van der Waals surface area (Å²) >= 11 is 0. The molecular formula is C22H21F3N4O. The maximum atomic E-state index is 13.3. The van der Waals surface area contributed by atoms with Crippen LogP contribution >= 0.6 is 0 Å². The van der Waals surface area contributed by atoms with Gasteiger partial charge in [0.15, 0.2) is 0 Å². The minimum Gasteiger partial charge on any atom is -0.494 e. The molecule has 2 aromatic heterocycles. The number of alkyl halides is 3. The highest BCUT2D eigenvalue weighted by atomic mass is 19.4. The molecule has 0 fully saturated rings. The first kappa shape index (κ1) is 20.0. The molecule has 2 aromatic carbocycles. The fraction of sp³-hybridized carbons (Fsp3) is 0.273. The van der Waals surface area contributed by atoms with Gasteiger partial charge in [-0.15, -0.1) is 0 Å². The molecule has 0 amide bonds. The van der Waals surface area contributed by atoms with Gasteiger partial charge in [0.1, 0.15) is 11.6 Å². The Kier molecular flexibility index (Phi) is 5.01. The van der Waals surface area contributed by atoms with Crippen LogP contribution in [0.4, 0.5) is 19.0 Å². The molecule has 5 nitrogen and oxygen atoms in total. The number of benzene rings is 2. The van der Waals surface area contributed by atoms with E-state index >= 15 is 0 Å². The van der Waals surface area contributed by atoms with Gasteiger partial charge in [-0.1, -0.05) is 12.1 Å². The Morgan fingerprint density at radius 2 is 2.00 bits per heavy atom. The lowest BCUT2D eigenvalue weighted by molar-refractivity contribution is -0.138. The predicted octanol–water partition coefficient (Wildman–Crippen LogP) is 5.78. The number of hydrogen-bond acceptors (Lipinski definition) is 4. The van der Waals surface area contributed by atoms with Gasteiger partial charge in [-0.05, 0) is 56.2 Å². The summed E-state index contributed by atoms with van der Waals surface area (Å²) < 4.78 is 47.5. The molecule has 1 unspecified atom stereocenters. The number of anilines is 1. The number of hydrogen-bond donors (Lipinski definition) is 1. The van der Waals surface area contributed by atoms with Crippen molar-refractivity contribution in [2.24, 2.45) is 0 Å². The van der Waals surface area contributed by atoms with E-state index < -0.39 is 17.8 Å². The average molecular weight is 414 g/mol. The van der Waals surface area contributed by atoms with Crippen molar-refractivity contribution in [1.82, 2.24) is 14.4 Å². The Morgan fingerprint density at radius 3 is 2.73 bits per heavy atom. The van der Waals surface area contributed by atoms with E-state index in [9.17, 15) is 13.2 Å². The molecule has 0 bridgehead atoms. The molecule has 1 atom stereocenters. The van der Waals surface area contributed by atoms with Crippen molar-refractivity contribution in [2.75, 3.05) is 11.9 Å². The second-order valence-corrected chi connectivity index (χ2v) is 7.05. The Balaban J connectivity index is 1.80. The molecule has 2 heterocycles. The summed E-state index contributed by atoms with van der Waals surface area (Å²) in [5, 5.41) is 4.08. The van der Waals surface area contributed by atoms with Crippen molar-refractivity contribution >= 4 is 22.5 Å². The molecule has 30 heavy (non-hydrogen) atoms. The van der Waals surface area contributed by atoms with Crippen molar-refractivity contribution in [3.8, 4) is 5.75 Å². The smallest absolute Gasteiger partial charge is 0.416 e. The van der Waals surface area contributed by atoms with Gasteiger partial charge in [0.2, 0.25) is 5.78 Å². The van der Waals surface area contributed by atoms with Crippen LogP contribution in [0.2, 0.25) is 0 Å². The van der Waals surface area contributed by atoms with E-state index in [1.54, 1.807) is 12.3 Å². The van der Waals surface area contributed by atoms with E-state index in [0.717, 1.165) is 17.0 Å². The molecule has 0 saturated carbocycles. The van der Waals surface area contributed by atoms with Crippen LogP contribution in [-0.4, -0.2) is 21.0 Å². The summed E-state index contributed by atoms with van der Waals surface area (Å²) in [5.41, 5.74) is 1.00. The normalized spacial score (nSPS) is 13.0. The van der Waals surface area contributed by atoms with Crippen LogP contribution in [0, 0.1) is 6.92 Å². The van der Waals surface area contributed by atoms with Gasteiger partial charge >= 0.3 is 6.18 Å². The lowest BCUT2D eigenvalue weighted by atomic mass is 9.97. The van der Waals surface area contributed by atoms with Gasteiger partial charge in [0.25, 0.3) is 0 Å². The first-order valence-electron chi connectivity index (χ1n) is 9.62. The molecule has 0 aliphatic rings. The van der Waals surface area contributed by atoms with Crippen molar-refractivity contribution < 1.29 is 17.9 Å². The summed E-state index contributed by atoms with van der Waals surface area (Å²) in [5.74, 6) is 1.73. The largest absolute Gasteiger partial charge is 0.494 e. The summed E-state index contributed by atoms with van der Waals surface area (Å²) in [6.45, 7) is 5.74. The highest BCUT2D eigenvalue weighted by molar-refractivity contribution is 5.92. The fourth-order valence-electron chi connectivity index (χ4n) is 3.72. The van der Waals surface area contributed by atoms with Crippen molar-refractivity contribution in [2.45, 2.75) is 33.0 Å². The molecule has 0 aliphatic carbocycles.